The quantitative estimate of drug-likeness (QED) is 0.567. The average Bonchev–Trinajstić information content (AvgIpc) is 3.31. The lowest BCUT2D eigenvalue weighted by atomic mass is 9.95. The molecule has 0 fully saturated rings. The van der Waals surface area contributed by atoms with Crippen LogP contribution < -0.4 is 0 Å². The van der Waals surface area contributed by atoms with E-state index in [1.807, 2.05) is 17.4 Å². The van der Waals surface area contributed by atoms with Crippen LogP contribution in [0.4, 0.5) is 0 Å². The number of carbonyl (C=O) groups excluding carboxylic acids is 1. The normalized spacial score (nSPS) is 18.2. The van der Waals surface area contributed by atoms with Crippen LogP contribution in [0, 0.1) is 0 Å². The Balaban J connectivity index is 1.71. The summed E-state index contributed by atoms with van der Waals surface area (Å²) < 4.78 is 2.36. The molecular formula is C24H26N2OS. The molecule has 1 aliphatic heterocycles. The van der Waals surface area contributed by atoms with Crippen LogP contribution >= 0.6 is 11.3 Å². The number of fused-ring (bicyclic) bond motifs is 5. The van der Waals surface area contributed by atoms with Gasteiger partial charge in [0.25, 0.3) is 0 Å². The monoisotopic (exact) mass is 390 g/mol. The molecule has 1 atom stereocenters. The lowest BCUT2D eigenvalue weighted by Crippen LogP contribution is -2.34. The van der Waals surface area contributed by atoms with Crippen molar-refractivity contribution in [2.75, 3.05) is 0 Å². The van der Waals surface area contributed by atoms with Gasteiger partial charge in [-0.15, -0.1) is 11.3 Å². The van der Waals surface area contributed by atoms with Crippen LogP contribution in [-0.4, -0.2) is 15.4 Å². The number of benzene rings is 1. The summed E-state index contributed by atoms with van der Waals surface area (Å²) in [7, 11) is 0. The van der Waals surface area contributed by atoms with Crippen molar-refractivity contribution < 1.29 is 4.79 Å². The number of amides is 1. The zero-order chi connectivity index (χ0) is 19.1. The van der Waals surface area contributed by atoms with Crippen LogP contribution in [0.15, 0.2) is 48.7 Å². The highest BCUT2D eigenvalue weighted by molar-refractivity contribution is 7.15. The van der Waals surface area contributed by atoms with Crippen molar-refractivity contribution in [1.82, 2.24) is 9.47 Å². The first kappa shape index (κ1) is 17.7. The Bertz CT molecular complexity index is 1000. The lowest BCUT2D eigenvalue weighted by Gasteiger charge is -2.31. The number of nitrogens with zero attached hydrogens (tertiary/aromatic N) is 2. The smallest absolute Gasteiger partial charge is 0.223 e. The molecule has 0 saturated heterocycles. The highest BCUT2D eigenvalue weighted by Crippen LogP contribution is 2.44. The molecule has 144 valence electrons. The van der Waals surface area contributed by atoms with Crippen LogP contribution in [0.2, 0.25) is 0 Å². The predicted octanol–water partition coefficient (Wildman–Crippen LogP) is 5.65. The fourth-order valence-electron chi connectivity index (χ4n) is 4.77. The van der Waals surface area contributed by atoms with E-state index in [0.717, 1.165) is 19.4 Å². The molecule has 3 heterocycles. The van der Waals surface area contributed by atoms with Crippen molar-refractivity contribution in [3.63, 3.8) is 0 Å². The second-order valence-corrected chi connectivity index (χ2v) is 8.97. The van der Waals surface area contributed by atoms with E-state index in [0.29, 0.717) is 6.42 Å². The maximum atomic E-state index is 13.3. The highest BCUT2D eigenvalue weighted by Gasteiger charge is 2.35. The predicted molar refractivity (Wildman–Crippen MR) is 114 cm³/mol. The third-order valence-corrected chi connectivity index (χ3v) is 7.41. The molecule has 1 aliphatic carbocycles. The number of thiophene rings is 1. The van der Waals surface area contributed by atoms with E-state index in [9.17, 15) is 4.79 Å². The maximum absolute atomic E-state index is 13.3. The summed E-state index contributed by atoms with van der Waals surface area (Å²) in [6, 6.07) is 14.8. The minimum atomic E-state index is -0.0332. The van der Waals surface area contributed by atoms with Crippen LogP contribution in [0.3, 0.4) is 0 Å². The maximum Gasteiger partial charge on any atom is 0.223 e. The summed E-state index contributed by atoms with van der Waals surface area (Å²) in [5.41, 5.74) is 5.30. The minimum Gasteiger partial charge on any atom is -0.326 e. The lowest BCUT2D eigenvalue weighted by molar-refractivity contribution is -0.133. The van der Waals surface area contributed by atoms with Gasteiger partial charge in [-0.1, -0.05) is 37.3 Å². The van der Waals surface area contributed by atoms with Crippen molar-refractivity contribution in [3.8, 4) is 5.00 Å². The molecule has 2 aliphatic rings. The molecule has 4 heteroatoms. The van der Waals surface area contributed by atoms with Crippen molar-refractivity contribution >= 4 is 17.2 Å². The molecule has 28 heavy (non-hydrogen) atoms. The number of hydrogen-bond donors (Lipinski definition) is 0. The first-order chi connectivity index (χ1) is 13.8. The Morgan fingerprint density at radius 1 is 1.07 bits per heavy atom. The summed E-state index contributed by atoms with van der Waals surface area (Å²) in [4.78, 5) is 17.0. The fraction of sp³-hybridized carbons (Fsp3) is 0.375. The van der Waals surface area contributed by atoms with Gasteiger partial charge in [-0.2, -0.15) is 0 Å². The van der Waals surface area contributed by atoms with Gasteiger partial charge in [0, 0.05) is 29.6 Å². The van der Waals surface area contributed by atoms with E-state index >= 15 is 0 Å². The van der Waals surface area contributed by atoms with E-state index < -0.39 is 0 Å². The van der Waals surface area contributed by atoms with Crippen molar-refractivity contribution in [1.29, 1.82) is 0 Å². The van der Waals surface area contributed by atoms with Crippen molar-refractivity contribution in [2.45, 2.75) is 58.0 Å². The minimum absolute atomic E-state index is 0.0332. The summed E-state index contributed by atoms with van der Waals surface area (Å²) in [5, 5.41) is 1.33. The van der Waals surface area contributed by atoms with Gasteiger partial charge >= 0.3 is 0 Å². The first-order valence-corrected chi connectivity index (χ1v) is 11.2. The Morgan fingerprint density at radius 3 is 2.71 bits per heavy atom. The first-order valence-electron chi connectivity index (χ1n) is 10.4. The standard InChI is InChI=1S/C24H26N2OS/c1-2-9-22(27)26-16-19-18-12-6-7-14-21(18)28-24(19)25-15-8-13-20(25)23(26)17-10-4-3-5-11-17/h3-5,8,10-11,13,15,23H,2,6-7,9,12,14,16H2,1H3. The van der Waals surface area contributed by atoms with E-state index in [1.165, 1.54) is 51.5 Å². The van der Waals surface area contributed by atoms with Gasteiger partial charge in [0.15, 0.2) is 0 Å². The molecular weight excluding hydrogens is 364 g/mol. The van der Waals surface area contributed by atoms with Gasteiger partial charge in [0.2, 0.25) is 5.91 Å². The molecule has 3 aromatic rings. The zero-order valence-corrected chi connectivity index (χ0v) is 17.2. The number of rotatable bonds is 3. The third kappa shape index (κ3) is 2.82. The molecule has 0 spiro atoms. The van der Waals surface area contributed by atoms with Gasteiger partial charge in [-0.05, 0) is 55.4 Å². The summed E-state index contributed by atoms with van der Waals surface area (Å²) in [6.07, 6.45) is 8.56. The molecule has 5 rings (SSSR count). The zero-order valence-electron chi connectivity index (χ0n) is 16.4. The van der Waals surface area contributed by atoms with Crippen molar-refractivity contribution in [2.24, 2.45) is 0 Å². The van der Waals surface area contributed by atoms with Gasteiger partial charge in [0.1, 0.15) is 5.00 Å². The van der Waals surface area contributed by atoms with Gasteiger partial charge in [-0.25, -0.2) is 0 Å². The summed E-state index contributed by atoms with van der Waals surface area (Å²) >= 11 is 1.95. The molecule has 0 saturated carbocycles. The number of aromatic nitrogens is 1. The molecule has 3 nitrogen and oxygen atoms in total. The molecule has 0 bridgehead atoms. The molecule has 2 aromatic heterocycles. The Labute approximate surface area is 170 Å². The van der Waals surface area contributed by atoms with Gasteiger partial charge < -0.3 is 9.47 Å². The summed E-state index contributed by atoms with van der Waals surface area (Å²) in [5.74, 6) is 0.257. The number of carbonyl (C=O) groups is 1. The van der Waals surface area contributed by atoms with Crippen LogP contribution in [0.1, 0.15) is 65.9 Å². The number of hydrogen-bond acceptors (Lipinski definition) is 2. The average molecular weight is 391 g/mol. The van der Waals surface area contributed by atoms with E-state index in [4.69, 9.17) is 0 Å². The SMILES string of the molecule is CCCC(=O)N1Cc2c(sc3c2CCCC3)-n2cccc2C1c1ccccc1. The number of aryl methyl sites for hydroxylation is 1. The second kappa shape index (κ2) is 7.25. The van der Waals surface area contributed by atoms with E-state index in [1.54, 1.807) is 0 Å². The van der Waals surface area contributed by atoms with Gasteiger partial charge in [-0.3, -0.25) is 4.79 Å². The second-order valence-electron chi connectivity index (χ2n) is 7.88. The Kier molecular flexibility index (Phi) is 4.59. The van der Waals surface area contributed by atoms with E-state index in [2.05, 4.69) is 59.0 Å². The largest absolute Gasteiger partial charge is 0.326 e. The third-order valence-electron chi connectivity index (χ3n) is 6.08. The van der Waals surface area contributed by atoms with E-state index in [-0.39, 0.29) is 11.9 Å². The molecule has 0 radical (unpaired) electrons. The van der Waals surface area contributed by atoms with Crippen LogP contribution in [-0.2, 0) is 24.2 Å². The van der Waals surface area contributed by atoms with Crippen molar-refractivity contribution in [3.05, 3.63) is 75.9 Å². The molecule has 0 N–H and O–H groups in total. The Morgan fingerprint density at radius 2 is 1.89 bits per heavy atom. The molecule has 1 amide bonds. The van der Waals surface area contributed by atoms with Crippen LogP contribution in [0.5, 0.6) is 0 Å². The molecule has 1 unspecified atom stereocenters. The topological polar surface area (TPSA) is 25.2 Å². The highest BCUT2D eigenvalue weighted by atomic mass is 32.1. The Hall–Kier alpha value is -2.33. The van der Waals surface area contributed by atoms with Crippen LogP contribution in [0.25, 0.3) is 5.00 Å². The molecule has 1 aromatic carbocycles. The van der Waals surface area contributed by atoms with Gasteiger partial charge in [0.05, 0.1) is 11.7 Å². The summed E-state index contributed by atoms with van der Waals surface area (Å²) in [6.45, 7) is 2.81. The fourth-order valence-corrected chi connectivity index (χ4v) is 6.18.